The summed E-state index contributed by atoms with van der Waals surface area (Å²) in [5.74, 6) is -0.455. The molecule has 0 unspecified atom stereocenters. The van der Waals surface area contributed by atoms with Gasteiger partial charge in [-0.1, -0.05) is 25.4 Å². The molecule has 7 nitrogen and oxygen atoms in total. The molecule has 2 heterocycles. The van der Waals surface area contributed by atoms with Crippen molar-refractivity contribution in [2.75, 3.05) is 6.61 Å². The molecule has 0 spiro atoms. The predicted octanol–water partition coefficient (Wildman–Crippen LogP) is 3.56. The summed E-state index contributed by atoms with van der Waals surface area (Å²) in [6, 6.07) is 5.05. The number of rotatable bonds is 5. The van der Waals surface area contributed by atoms with Gasteiger partial charge in [-0.05, 0) is 31.0 Å². The van der Waals surface area contributed by atoms with Crippen LogP contribution in [0.15, 0.2) is 29.2 Å². The summed E-state index contributed by atoms with van der Waals surface area (Å²) in [5.41, 5.74) is 0.970. The van der Waals surface area contributed by atoms with Gasteiger partial charge >= 0.3 is 5.97 Å². The van der Waals surface area contributed by atoms with Gasteiger partial charge in [0.15, 0.2) is 5.82 Å². The van der Waals surface area contributed by atoms with Crippen LogP contribution in [0.1, 0.15) is 42.6 Å². The van der Waals surface area contributed by atoms with Crippen molar-refractivity contribution in [3.63, 3.8) is 0 Å². The first-order valence-corrected chi connectivity index (χ1v) is 8.52. The lowest BCUT2D eigenvalue weighted by atomic mass is 10.0. The van der Waals surface area contributed by atoms with Crippen molar-refractivity contribution in [2.45, 2.75) is 26.7 Å². The number of hydrogen-bond donors (Lipinski definition) is 2. The summed E-state index contributed by atoms with van der Waals surface area (Å²) in [4.78, 5) is 26.9. The lowest BCUT2D eigenvalue weighted by molar-refractivity contribution is 0.0695. The number of carboxylic acid groups (broad SMARTS) is 1. The number of nitrogens with zero attached hydrogens (tertiary/aromatic N) is 2. The lowest BCUT2D eigenvalue weighted by Gasteiger charge is -2.09. The van der Waals surface area contributed by atoms with Crippen LogP contribution in [0, 0.1) is 0 Å². The number of fused-ring (bicyclic) bond motifs is 1. The Kier molecular flexibility index (Phi) is 4.73. The van der Waals surface area contributed by atoms with E-state index in [1.165, 1.54) is 10.7 Å². The highest BCUT2D eigenvalue weighted by molar-refractivity contribution is 6.32. The molecule has 0 saturated heterocycles. The molecular formula is C18H18ClN3O4. The van der Waals surface area contributed by atoms with Crippen LogP contribution in [-0.2, 0) is 0 Å². The third-order valence-electron chi connectivity index (χ3n) is 3.99. The molecule has 26 heavy (non-hydrogen) atoms. The third kappa shape index (κ3) is 3.06. The van der Waals surface area contributed by atoms with E-state index in [-0.39, 0.29) is 17.0 Å². The summed E-state index contributed by atoms with van der Waals surface area (Å²) in [6.45, 7) is 5.96. The van der Waals surface area contributed by atoms with Crippen molar-refractivity contribution in [3.05, 3.63) is 50.9 Å². The van der Waals surface area contributed by atoms with Crippen molar-refractivity contribution in [3.8, 4) is 17.1 Å². The van der Waals surface area contributed by atoms with E-state index in [4.69, 9.17) is 16.3 Å². The van der Waals surface area contributed by atoms with E-state index in [0.717, 1.165) is 0 Å². The van der Waals surface area contributed by atoms with Crippen LogP contribution in [0.25, 0.3) is 16.9 Å². The van der Waals surface area contributed by atoms with E-state index < -0.39 is 11.5 Å². The number of halogens is 1. The van der Waals surface area contributed by atoms with Crippen LogP contribution in [0.5, 0.6) is 5.75 Å². The predicted molar refractivity (Wildman–Crippen MR) is 98.5 cm³/mol. The molecule has 8 heteroatoms. The van der Waals surface area contributed by atoms with E-state index in [1.807, 2.05) is 20.8 Å². The number of nitrogens with one attached hydrogen (secondary N) is 1. The fourth-order valence-electron chi connectivity index (χ4n) is 2.91. The molecule has 2 N–H and O–H groups in total. The number of benzene rings is 1. The molecule has 136 valence electrons. The highest BCUT2D eigenvalue weighted by Gasteiger charge is 2.22. The van der Waals surface area contributed by atoms with Crippen molar-refractivity contribution >= 4 is 23.1 Å². The lowest BCUT2D eigenvalue weighted by Crippen LogP contribution is -2.15. The van der Waals surface area contributed by atoms with Gasteiger partial charge in [-0.3, -0.25) is 4.79 Å². The minimum Gasteiger partial charge on any atom is -0.492 e. The summed E-state index contributed by atoms with van der Waals surface area (Å²) in [7, 11) is 0. The first kappa shape index (κ1) is 18.0. The maximum absolute atomic E-state index is 12.6. The molecule has 3 aromatic rings. The average Bonchev–Trinajstić information content (AvgIpc) is 2.97. The molecule has 0 radical (unpaired) electrons. The van der Waals surface area contributed by atoms with Gasteiger partial charge in [0.05, 0.1) is 17.2 Å². The molecule has 0 fully saturated rings. The monoisotopic (exact) mass is 375 g/mol. The smallest absolute Gasteiger partial charge is 0.337 e. The number of carboxylic acids is 1. The zero-order valence-corrected chi connectivity index (χ0v) is 15.3. The summed E-state index contributed by atoms with van der Waals surface area (Å²) < 4.78 is 6.79. The Labute approximate surface area is 154 Å². The Bertz CT molecular complexity index is 1050. The number of carbonyl (C=O) groups is 1. The minimum absolute atomic E-state index is 0.0706. The zero-order chi connectivity index (χ0) is 19.0. The van der Waals surface area contributed by atoms with E-state index in [2.05, 4.69) is 10.1 Å². The normalized spacial score (nSPS) is 11.3. The molecule has 0 aliphatic heterocycles. The fourth-order valence-corrected chi connectivity index (χ4v) is 3.09. The molecule has 3 rings (SSSR count). The van der Waals surface area contributed by atoms with Crippen molar-refractivity contribution < 1.29 is 14.6 Å². The topological polar surface area (TPSA) is 96.7 Å². The van der Waals surface area contributed by atoms with Gasteiger partial charge in [-0.2, -0.15) is 0 Å². The number of aromatic nitrogens is 3. The van der Waals surface area contributed by atoms with Crippen molar-refractivity contribution in [1.82, 2.24) is 14.6 Å². The number of hydrogen-bond acceptors (Lipinski definition) is 4. The molecular weight excluding hydrogens is 358 g/mol. The van der Waals surface area contributed by atoms with Crippen LogP contribution in [0.2, 0.25) is 5.02 Å². The number of ether oxygens (including phenoxy) is 1. The average molecular weight is 376 g/mol. The van der Waals surface area contributed by atoms with E-state index in [1.54, 1.807) is 18.2 Å². The molecule has 0 atom stereocenters. The molecule has 0 saturated carbocycles. The van der Waals surface area contributed by atoms with Crippen LogP contribution < -0.4 is 10.3 Å². The number of aromatic carboxylic acids is 1. The van der Waals surface area contributed by atoms with Gasteiger partial charge in [0.1, 0.15) is 11.3 Å². The first-order valence-electron chi connectivity index (χ1n) is 8.15. The second-order valence-corrected chi connectivity index (χ2v) is 6.50. The van der Waals surface area contributed by atoms with Crippen LogP contribution >= 0.6 is 11.6 Å². The first-order chi connectivity index (χ1) is 12.3. The molecule has 2 aromatic heterocycles. The van der Waals surface area contributed by atoms with Gasteiger partial charge in [0.2, 0.25) is 0 Å². The van der Waals surface area contributed by atoms with Gasteiger partial charge in [0.25, 0.3) is 5.56 Å². The van der Waals surface area contributed by atoms with E-state index in [9.17, 15) is 14.7 Å². The van der Waals surface area contributed by atoms with Crippen LogP contribution in [-0.4, -0.2) is 32.3 Å². The number of aromatic amines is 1. The Hall–Kier alpha value is -2.80. The van der Waals surface area contributed by atoms with Crippen LogP contribution in [0.3, 0.4) is 0 Å². The third-order valence-corrected chi connectivity index (χ3v) is 4.31. The standard InChI is InChI=1S/C18H18ClN3O4/c1-4-26-13-7-10(5-6-12(13)19)16-20-17(23)15-14(9(2)3)11(18(24)25)8-22(15)21-16/h5-9H,4H2,1-3H3,(H,24,25)(H,20,21,23). The SMILES string of the molecule is CCOc1cc(-c2nn3cc(C(=O)O)c(C(C)C)c3c(=O)[nH]2)ccc1Cl. The molecule has 0 aliphatic rings. The van der Waals surface area contributed by atoms with E-state index in [0.29, 0.717) is 34.3 Å². The van der Waals surface area contributed by atoms with Gasteiger partial charge in [-0.15, -0.1) is 5.10 Å². The summed E-state index contributed by atoms with van der Waals surface area (Å²) >= 11 is 6.09. The second-order valence-electron chi connectivity index (χ2n) is 6.09. The van der Waals surface area contributed by atoms with Crippen LogP contribution in [0.4, 0.5) is 0 Å². The second kappa shape index (κ2) is 6.84. The fraction of sp³-hybridized carbons (Fsp3) is 0.278. The molecule has 0 bridgehead atoms. The highest BCUT2D eigenvalue weighted by Crippen LogP contribution is 2.30. The van der Waals surface area contributed by atoms with E-state index >= 15 is 0 Å². The Balaban J connectivity index is 2.23. The Morgan fingerprint density at radius 1 is 1.42 bits per heavy atom. The quantitative estimate of drug-likeness (QED) is 0.710. The van der Waals surface area contributed by atoms with Gasteiger partial charge in [-0.25, -0.2) is 9.31 Å². The Morgan fingerprint density at radius 2 is 2.15 bits per heavy atom. The zero-order valence-electron chi connectivity index (χ0n) is 14.5. The summed E-state index contributed by atoms with van der Waals surface area (Å²) in [6.07, 6.45) is 1.37. The summed E-state index contributed by atoms with van der Waals surface area (Å²) in [5, 5.41) is 14.3. The van der Waals surface area contributed by atoms with Crippen molar-refractivity contribution in [2.24, 2.45) is 0 Å². The Morgan fingerprint density at radius 3 is 2.77 bits per heavy atom. The largest absolute Gasteiger partial charge is 0.492 e. The maximum Gasteiger partial charge on any atom is 0.337 e. The molecule has 0 amide bonds. The molecule has 1 aromatic carbocycles. The van der Waals surface area contributed by atoms with Crippen molar-refractivity contribution in [1.29, 1.82) is 0 Å². The molecule has 0 aliphatic carbocycles. The highest BCUT2D eigenvalue weighted by atomic mass is 35.5. The number of H-pyrrole nitrogens is 1. The maximum atomic E-state index is 12.6. The van der Waals surface area contributed by atoms with Gasteiger partial charge in [0, 0.05) is 17.3 Å². The van der Waals surface area contributed by atoms with Gasteiger partial charge < -0.3 is 14.8 Å². The minimum atomic E-state index is -1.09.